The molecule has 0 radical (unpaired) electrons. The molecule has 4 rings (SSSR count). The van der Waals surface area contributed by atoms with Gasteiger partial charge in [-0.15, -0.1) is 0 Å². The van der Waals surface area contributed by atoms with Gasteiger partial charge in [0.15, 0.2) is 5.13 Å². The van der Waals surface area contributed by atoms with E-state index in [9.17, 15) is 9.59 Å². The lowest BCUT2D eigenvalue weighted by atomic mass is 10.1. The Hall–Kier alpha value is -3.00. The number of carbonyl (C=O) groups is 2. The third-order valence-electron chi connectivity index (χ3n) is 5.63. The SMILES string of the molecule is Cc1ccc(NC(=O)CCC(=O)N2CCCN(c3nc4cccnc4s3)CC2)cc1C. The molecule has 8 heteroatoms. The summed E-state index contributed by atoms with van der Waals surface area (Å²) in [5, 5.41) is 3.85. The number of fused-ring (bicyclic) bond motifs is 1. The molecule has 1 aliphatic heterocycles. The van der Waals surface area contributed by atoms with Gasteiger partial charge in [0.2, 0.25) is 11.8 Å². The van der Waals surface area contributed by atoms with Gasteiger partial charge in [0.1, 0.15) is 10.3 Å². The van der Waals surface area contributed by atoms with E-state index in [1.54, 1.807) is 17.5 Å². The fourth-order valence-electron chi connectivity index (χ4n) is 3.67. The number of aromatic nitrogens is 2. The first kappa shape index (κ1) is 21.2. The van der Waals surface area contributed by atoms with Gasteiger partial charge in [-0.25, -0.2) is 9.97 Å². The molecule has 7 nitrogen and oxygen atoms in total. The Morgan fingerprint density at radius 2 is 1.94 bits per heavy atom. The first-order valence-electron chi connectivity index (χ1n) is 10.6. The summed E-state index contributed by atoms with van der Waals surface area (Å²) in [6, 6.07) is 9.70. The number of aryl methyl sites for hydroxylation is 2. The number of pyridine rings is 1. The average Bonchev–Trinajstić information content (AvgIpc) is 3.04. The molecule has 0 bridgehead atoms. The fourth-order valence-corrected chi connectivity index (χ4v) is 4.63. The largest absolute Gasteiger partial charge is 0.346 e. The number of hydrogen-bond donors (Lipinski definition) is 1. The Balaban J connectivity index is 1.28. The minimum atomic E-state index is -0.130. The van der Waals surface area contributed by atoms with Gasteiger partial charge in [0.05, 0.1) is 0 Å². The van der Waals surface area contributed by atoms with Crippen molar-refractivity contribution in [3.63, 3.8) is 0 Å². The van der Waals surface area contributed by atoms with Crippen LogP contribution in [0.25, 0.3) is 10.3 Å². The van der Waals surface area contributed by atoms with Gasteiger partial charge >= 0.3 is 0 Å². The predicted octanol–water partition coefficient (Wildman–Crippen LogP) is 3.77. The van der Waals surface area contributed by atoms with E-state index in [2.05, 4.69) is 20.2 Å². The van der Waals surface area contributed by atoms with Crippen LogP contribution in [0.4, 0.5) is 10.8 Å². The van der Waals surface area contributed by atoms with E-state index in [1.165, 1.54) is 5.56 Å². The highest BCUT2D eigenvalue weighted by Crippen LogP contribution is 2.27. The molecule has 1 saturated heterocycles. The highest BCUT2D eigenvalue weighted by molar-refractivity contribution is 7.21. The minimum Gasteiger partial charge on any atom is -0.346 e. The van der Waals surface area contributed by atoms with Crippen molar-refractivity contribution in [1.29, 1.82) is 0 Å². The zero-order valence-corrected chi connectivity index (χ0v) is 18.7. The van der Waals surface area contributed by atoms with Gasteiger partial charge in [-0.1, -0.05) is 17.4 Å². The summed E-state index contributed by atoms with van der Waals surface area (Å²) in [6.07, 6.45) is 3.07. The van der Waals surface area contributed by atoms with Crippen molar-refractivity contribution in [3.8, 4) is 0 Å². The maximum absolute atomic E-state index is 12.7. The van der Waals surface area contributed by atoms with Crippen LogP contribution in [0.3, 0.4) is 0 Å². The Labute approximate surface area is 186 Å². The summed E-state index contributed by atoms with van der Waals surface area (Å²) >= 11 is 1.59. The predicted molar refractivity (Wildman–Crippen MR) is 125 cm³/mol. The molecule has 162 valence electrons. The van der Waals surface area contributed by atoms with Crippen molar-refractivity contribution in [2.45, 2.75) is 33.1 Å². The number of nitrogens with one attached hydrogen (secondary N) is 1. The van der Waals surface area contributed by atoms with Crippen molar-refractivity contribution in [2.24, 2.45) is 0 Å². The summed E-state index contributed by atoms with van der Waals surface area (Å²) in [5.74, 6) is -0.0990. The van der Waals surface area contributed by atoms with Crippen LogP contribution >= 0.6 is 11.3 Å². The first-order valence-corrected chi connectivity index (χ1v) is 11.4. The molecule has 31 heavy (non-hydrogen) atoms. The van der Waals surface area contributed by atoms with Crippen molar-refractivity contribution in [1.82, 2.24) is 14.9 Å². The number of hydrogen-bond acceptors (Lipinski definition) is 6. The van der Waals surface area contributed by atoms with Crippen molar-refractivity contribution >= 4 is 44.3 Å². The van der Waals surface area contributed by atoms with Crippen molar-refractivity contribution in [3.05, 3.63) is 47.7 Å². The Kier molecular flexibility index (Phi) is 6.46. The number of amides is 2. The molecule has 2 aromatic heterocycles. The molecule has 0 saturated carbocycles. The summed E-state index contributed by atoms with van der Waals surface area (Å²) in [7, 11) is 0. The van der Waals surface area contributed by atoms with Crippen LogP contribution in [0.15, 0.2) is 36.5 Å². The molecule has 0 unspecified atom stereocenters. The van der Waals surface area contributed by atoms with Crippen molar-refractivity contribution < 1.29 is 9.59 Å². The number of thiazole rings is 1. The second-order valence-electron chi connectivity index (χ2n) is 7.89. The molecule has 0 spiro atoms. The number of benzene rings is 1. The Bertz CT molecular complexity index is 1060. The van der Waals surface area contributed by atoms with Crippen LogP contribution in [-0.2, 0) is 9.59 Å². The van der Waals surface area contributed by atoms with E-state index < -0.39 is 0 Å². The van der Waals surface area contributed by atoms with E-state index in [0.29, 0.717) is 13.1 Å². The van der Waals surface area contributed by atoms with E-state index in [-0.39, 0.29) is 24.7 Å². The first-order chi connectivity index (χ1) is 15.0. The average molecular weight is 438 g/mol. The van der Waals surface area contributed by atoms with Crippen LogP contribution in [0.1, 0.15) is 30.4 Å². The molecule has 1 N–H and O–H groups in total. The summed E-state index contributed by atoms with van der Waals surface area (Å²) in [4.78, 5) is 39.1. The topological polar surface area (TPSA) is 78.4 Å². The lowest BCUT2D eigenvalue weighted by Gasteiger charge is -2.21. The van der Waals surface area contributed by atoms with Gasteiger partial charge in [0.25, 0.3) is 0 Å². The second-order valence-corrected chi connectivity index (χ2v) is 8.85. The van der Waals surface area contributed by atoms with Crippen LogP contribution in [0.2, 0.25) is 0 Å². The standard InChI is InChI=1S/C23H27N5O2S/c1-16-6-7-18(15-17(16)2)25-20(29)8-9-21(30)27-11-4-12-28(14-13-27)23-26-19-5-3-10-24-22(19)31-23/h3,5-7,10,15H,4,8-9,11-14H2,1-2H3,(H,25,29). The Morgan fingerprint density at radius 3 is 2.74 bits per heavy atom. The highest BCUT2D eigenvalue weighted by atomic mass is 32.1. The van der Waals surface area contributed by atoms with E-state index in [4.69, 9.17) is 0 Å². The smallest absolute Gasteiger partial charge is 0.224 e. The van der Waals surface area contributed by atoms with Crippen molar-refractivity contribution in [2.75, 3.05) is 36.4 Å². The monoisotopic (exact) mass is 437 g/mol. The zero-order chi connectivity index (χ0) is 21.8. The number of rotatable bonds is 5. The molecule has 3 heterocycles. The van der Waals surface area contributed by atoms with Crippen LogP contribution in [0, 0.1) is 13.8 Å². The minimum absolute atomic E-state index is 0.0306. The number of nitrogens with zero attached hydrogens (tertiary/aromatic N) is 4. The third kappa shape index (κ3) is 5.19. The van der Waals surface area contributed by atoms with Gasteiger partial charge in [0, 0.05) is 50.9 Å². The maximum atomic E-state index is 12.7. The van der Waals surface area contributed by atoms with Gasteiger partial charge in [-0.05, 0) is 55.7 Å². The Morgan fingerprint density at radius 1 is 1.06 bits per heavy atom. The molecule has 1 fully saturated rings. The molecule has 3 aromatic rings. The van der Waals surface area contributed by atoms with Gasteiger partial charge < -0.3 is 15.1 Å². The lowest BCUT2D eigenvalue weighted by Crippen LogP contribution is -2.35. The number of carbonyl (C=O) groups excluding carboxylic acids is 2. The molecule has 0 aliphatic carbocycles. The van der Waals surface area contributed by atoms with Gasteiger partial charge in [-0.2, -0.15) is 0 Å². The molecule has 2 amide bonds. The molecule has 0 atom stereocenters. The normalized spacial score (nSPS) is 14.5. The van der Waals surface area contributed by atoms with Crippen LogP contribution < -0.4 is 10.2 Å². The summed E-state index contributed by atoms with van der Waals surface area (Å²) < 4.78 is 0. The summed E-state index contributed by atoms with van der Waals surface area (Å²) in [6.45, 7) is 6.99. The van der Waals surface area contributed by atoms with E-state index in [0.717, 1.165) is 46.2 Å². The van der Waals surface area contributed by atoms with Crippen LogP contribution in [0.5, 0.6) is 0 Å². The zero-order valence-electron chi connectivity index (χ0n) is 17.9. The van der Waals surface area contributed by atoms with Gasteiger partial charge in [-0.3, -0.25) is 9.59 Å². The molecular formula is C23H27N5O2S. The molecule has 1 aromatic carbocycles. The molecular weight excluding hydrogens is 410 g/mol. The van der Waals surface area contributed by atoms with Crippen LogP contribution in [-0.4, -0.2) is 52.9 Å². The third-order valence-corrected chi connectivity index (χ3v) is 6.67. The quantitative estimate of drug-likeness (QED) is 0.657. The van der Waals surface area contributed by atoms with E-state index in [1.807, 2.05) is 49.1 Å². The lowest BCUT2D eigenvalue weighted by molar-refractivity contribution is -0.132. The maximum Gasteiger partial charge on any atom is 0.224 e. The number of anilines is 2. The highest BCUT2D eigenvalue weighted by Gasteiger charge is 2.21. The molecule has 1 aliphatic rings. The summed E-state index contributed by atoms with van der Waals surface area (Å²) in [5.41, 5.74) is 4.00. The second kappa shape index (κ2) is 9.43. The fraction of sp³-hybridized carbons (Fsp3) is 0.391. The van der Waals surface area contributed by atoms with E-state index >= 15 is 0 Å².